The van der Waals surface area contributed by atoms with Crippen LogP contribution in [0.25, 0.3) is 0 Å². The molecule has 0 aliphatic carbocycles. The zero-order chi connectivity index (χ0) is 20.2. The molecule has 146 valence electrons. The number of rotatable bonds is 7. The highest BCUT2D eigenvalue weighted by Gasteiger charge is 2.27. The summed E-state index contributed by atoms with van der Waals surface area (Å²) in [6, 6.07) is 0. The second-order valence-corrected chi connectivity index (χ2v) is 11.4. The van der Waals surface area contributed by atoms with Crippen molar-refractivity contribution in [2.75, 3.05) is 0 Å². The van der Waals surface area contributed by atoms with Gasteiger partial charge in [-0.1, -0.05) is 19.0 Å². The second-order valence-electron chi connectivity index (χ2n) is 6.96. The van der Waals surface area contributed by atoms with Crippen LogP contribution >= 0.6 is 0 Å². The van der Waals surface area contributed by atoms with Crippen LogP contribution in [0.5, 0.6) is 0 Å². The van der Waals surface area contributed by atoms with Crippen LogP contribution in [0.15, 0.2) is 5.16 Å². The maximum absolute atomic E-state index is 13.6. The minimum Gasteiger partial charge on any atom is -0.515 e. The van der Waals surface area contributed by atoms with Crippen LogP contribution in [0.2, 0.25) is 19.6 Å². The van der Waals surface area contributed by atoms with Gasteiger partial charge < -0.3 is 9.26 Å². The molecule has 1 aromatic carbocycles. The lowest BCUT2D eigenvalue weighted by molar-refractivity contribution is -0.128. The molecule has 0 saturated carbocycles. The quantitative estimate of drug-likeness (QED) is 0.168. The van der Waals surface area contributed by atoms with E-state index in [1.54, 1.807) is 33.5 Å². The van der Waals surface area contributed by atoms with Crippen molar-refractivity contribution in [2.24, 2.45) is 11.1 Å². The lowest BCUT2D eigenvalue weighted by atomic mass is 10.1. The number of benzene rings is 1. The molecule has 1 aromatic rings. The first kappa shape index (κ1) is 22.1. The predicted molar refractivity (Wildman–Crippen MR) is 87.3 cm³/mol. The zero-order valence-corrected chi connectivity index (χ0v) is 16.1. The van der Waals surface area contributed by atoms with Crippen LogP contribution in [0, 0.1) is 35.0 Å². The molecule has 0 spiro atoms. The third kappa shape index (κ3) is 5.79. The number of oxime groups is 1. The van der Waals surface area contributed by atoms with Gasteiger partial charge in [-0.05, 0) is 25.6 Å². The zero-order valence-electron chi connectivity index (χ0n) is 15.1. The maximum atomic E-state index is 13.6. The highest BCUT2D eigenvalue weighted by Crippen LogP contribution is 2.23. The highest BCUT2D eigenvalue weighted by molar-refractivity contribution is 6.72. The SMILES string of the molecule is CC(C)CC(=NOCc1c(F)c(F)c(F)c(F)c1F)C(=O)O[Si](C)(C)C. The Bertz CT molecular complexity index is 688. The van der Waals surface area contributed by atoms with Gasteiger partial charge in [-0.15, -0.1) is 0 Å². The first-order valence-electron chi connectivity index (χ1n) is 7.77. The van der Waals surface area contributed by atoms with Gasteiger partial charge in [0, 0.05) is 6.42 Å². The van der Waals surface area contributed by atoms with Crippen molar-refractivity contribution in [2.45, 2.75) is 46.5 Å². The summed E-state index contributed by atoms with van der Waals surface area (Å²) >= 11 is 0. The lowest BCUT2D eigenvalue weighted by Crippen LogP contribution is -2.33. The summed E-state index contributed by atoms with van der Waals surface area (Å²) < 4.78 is 71.7. The smallest absolute Gasteiger partial charge is 0.342 e. The first-order chi connectivity index (χ1) is 11.8. The van der Waals surface area contributed by atoms with Crippen LogP contribution < -0.4 is 0 Å². The Kier molecular flexibility index (Phi) is 7.31. The minimum atomic E-state index is -2.26. The minimum absolute atomic E-state index is 0.0132. The average molecular weight is 397 g/mol. The van der Waals surface area contributed by atoms with E-state index in [0.29, 0.717) is 0 Å². The molecule has 0 heterocycles. The predicted octanol–water partition coefficient (Wildman–Crippen LogP) is 4.68. The van der Waals surface area contributed by atoms with Gasteiger partial charge in [0.05, 0.1) is 5.56 Å². The Labute approximate surface area is 149 Å². The van der Waals surface area contributed by atoms with Gasteiger partial charge in [0.25, 0.3) is 0 Å². The fraction of sp³-hybridized carbons (Fsp3) is 0.500. The van der Waals surface area contributed by atoms with Crippen molar-refractivity contribution in [3.8, 4) is 0 Å². The summed E-state index contributed by atoms with van der Waals surface area (Å²) in [7, 11) is -2.22. The Balaban J connectivity index is 3.04. The number of hydrogen-bond acceptors (Lipinski definition) is 4. The van der Waals surface area contributed by atoms with Gasteiger partial charge in [-0.3, -0.25) is 0 Å². The molecule has 0 saturated heterocycles. The van der Waals surface area contributed by atoms with E-state index in [-0.39, 0.29) is 18.1 Å². The van der Waals surface area contributed by atoms with Crippen molar-refractivity contribution in [1.29, 1.82) is 0 Å². The van der Waals surface area contributed by atoms with E-state index < -0.39 is 55.5 Å². The maximum Gasteiger partial charge on any atom is 0.342 e. The standard InChI is InChI=1S/C16H20F5NO3Si/c1-8(2)6-10(16(23)25-26(3,4)5)22-24-7-9-11(17)13(19)15(21)14(20)12(9)18/h8H,6-7H2,1-5H3. The van der Waals surface area contributed by atoms with Gasteiger partial charge in [0.15, 0.2) is 29.0 Å². The Morgan fingerprint density at radius 1 is 0.962 bits per heavy atom. The molecule has 0 unspecified atom stereocenters. The molecule has 0 radical (unpaired) electrons. The van der Waals surface area contributed by atoms with E-state index in [1.165, 1.54) is 0 Å². The topological polar surface area (TPSA) is 47.9 Å². The Morgan fingerprint density at radius 2 is 1.42 bits per heavy atom. The highest BCUT2D eigenvalue weighted by atomic mass is 28.4. The van der Waals surface area contributed by atoms with E-state index in [4.69, 9.17) is 9.26 Å². The largest absolute Gasteiger partial charge is 0.515 e. The number of carbonyl (C=O) groups excluding carboxylic acids is 1. The summed E-state index contributed by atoms with van der Waals surface area (Å²) in [6.07, 6.45) is 0.153. The summed E-state index contributed by atoms with van der Waals surface area (Å²) in [5.41, 5.74) is -1.31. The number of carbonyl (C=O) groups is 1. The average Bonchev–Trinajstić information content (AvgIpc) is 2.51. The number of halogens is 5. The van der Waals surface area contributed by atoms with Crippen molar-refractivity contribution in [3.05, 3.63) is 34.6 Å². The summed E-state index contributed by atoms with van der Waals surface area (Å²) in [6.45, 7) is 7.87. The molecule has 4 nitrogen and oxygen atoms in total. The van der Waals surface area contributed by atoms with Crippen LogP contribution in [0.3, 0.4) is 0 Å². The molecule has 0 aromatic heterocycles. The molecule has 0 aliphatic rings. The molecule has 1 rings (SSSR count). The molecule has 0 bridgehead atoms. The van der Waals surface area contributed by atoms with E-state index in [1.807, 2.05) is 0 Å². The molecular formula is C16H20F5NO3Si. The molecule has 0 N–H and O–H groups in total. The normalized spacial score (nSPS) is 12.5. The molecule has 0 amide bonds. The molecule has 0 atom stereocenters. The molecule has 10 heteroatoms. The van der Waals surface area contributed by atoms with Crippen molar-refractivity contribution >= 4 is 20.0 Å². The fourth-order valence-corrected chi connectivity index (χ4v) is 2.51. The van der Waals surface area contributed by atoms with Crippen molar-refractivity contribution in [1.82, 2.24) is 0 Å². The summed E-state index contributed by atoms with van der Waals surface area (Å²) in [4.78, 5) is 16.8. The van der Waals surface area contributed by atoms with E-state index in [9.17, 15) is 26.7 Å². The molecule has 26 heavy (non-hydrogen) atoms. The lowest BCUT2D eigenvalue weighted by Gasteiger charge is -2.18. The van der Waals surface area contributed by atoms with E-state index in [2.05, 4.69) is 5.16 Å². The molecular weight excluding hydrogens is 377 g/mol. The van der Waals surface area contributed by atoms with Gasteiger partial charge in [0.1, 0.15) is 6.61 Å². The monoisotopic (exact) mass is 397 g/mol. The molecule has 0 aliphatic heterocycles. The van der Waals surface area contributed by atoms with E-state index >= 15 is 0 Å². The van der Waals surface area contributed by atoms with Crippen molar-refractivity contribution in [3.63, 3.8) is 0 Å². The Hall–Kier alpha value is -1.97. The Morgan fingerprint density at radius 3 is 1.85 bits per heavy atom. The first-order valence-corrected chi connectivity index (χ1v) is 11.2. The van der Waals surface area contributed by atoms with Gasteiger partial charge >= 0.3 is 5.97 Å². The summed E-state index contributed by atoms with van der Waals surface area (Å²) in [5, 5.41) is 3.50. The second kappa shape index (κ2) is 8.61. The van der Waals surface area contributed by atoms with Crippen LogP contribution in [-0.2, 0) is 20.7 Å². The fourth-order valence-electron chi connectivity index (χ4n) is 1.83. The number of nitrogens with zero attached hydrogens (tertiary/aromatic N) is 1. The van der Waals surface area contributed by atoms with Crippen LogP contribution in [0.4, 0.5) is 22.0 Å². The summed E-state index contributed by atoms with van der Waals surface area (Å²) in [5.74, 6) is -11.2. The third-order valence-electron chi connectivity index (χ3n) is 2.92. The number of hydrogen-bond donors (Lipinski definition) is 0. The molecule has 0 fully saturated rings. The van der Waals surface area contributed by atoms with Crippen LogP contribution in [-0.4, -0.2) is 20.0 Å². The van der Waals surface area contributed by atoms with Crippen LogP contribution in [0.1, 0.15) is 25.8 Å². The van der Waals surface area contributed by atoms with Gasteiger partial charge in [-0.25, -0.2) is 26.7 Å². The third-order valence-corrected chi connectivity index (χ3v) is 3.72. The van der Waals surface area contributed by atoms with E-state index in [0.717, 1.165) is 0 Å². The van der Waals surface area contributed by atoms with Crippen molar-refractivity contribution < 1.29 is 36.0 Å². The van der Waals surface area contributed by atoms with Gasteiger partial charge in [0.2, 0.25) is 14.1 Å². The van der Waals surface area contributed by atoms with Gasteiger partial charge in [-0.2, -0.15) is 0 Å².